The molecule has 2 rings (SSSR count). The van der Waals surface area contributed by atoms with Gasteiger partial charge in [-0.25, -0.2) is 9.59 Å². The molecule has 18 heavy (non-hydrogen) atoms. The molecule has 2 aliphatic heterocycles. The minimum absolute atomic E-state index is 0.0206. The van der Waals surface area contributed by atoms with Crippen molar-refractivity contribution in [1.29, 1.82) is 0 Å². The molecule has 0 spiro atoms. The van der Waals surface area contributed by atoms with Gasteiger partial charge >= 0.3 is 12.0 Å². The molecule has 0 saturated carbocycles. The van der Waals surface area contributed by atoms with E-state index < -0.39 is 11.5 Å². The maximum atomic E-state index is 12.1. The average molecular weight is 258 g/mol. The van der Waals surface area contributed by atoms with E-state index in [9.17, 15) is 14.7 Å². The number of amides is 2. The lowest BCUT2D eigenvalue weighted by molar-refractivity contribution is -0.144. The number of aliphatic carboxylic acids is 1. The molecule has 2 heterocycles. The highest BCUT2D eigenvalue weighted by Crippen LogP contribution is 2.20. The van der Waals surface area contributed by atoms with E-state index >= 15 is 0 Å². The summed E-state index contributed by atoms with van der Waals surface area (Å²) in [5.41, 5.74) is -1.28. The van der Waals surface area contributed by atoms with Crippen LogP contribution in [0.5, 0.6) is 0 Å². The standard InChI is InChI=1S/C11H18N2O5/c1-8-6-17-5-3-13(8)10(16)12-11(9(14)15)2-4-18-7-11/h8H,2-7H2,1H3,(H,12,16)(H,14,15). The number of carboxylic acids is 1. The summed E-state index contributed by atoms with van der Waals surface area (Å²) in [6.07, 6.45) is 0.298. The van der Waals surface area contributed by atoms with Crippen LogP contribution in [0.2, 0.25) is 0 Å². The van der Waals surface area contributed by atoms with Crippen LogP contribution in [0.4, 0.5) is 4.79 Å². The van der Waals surface area contributed by atoms with Gasteiger partial charge in [-0.3, -0.25) is 0 Å². The van der Waals surface area contributed by atoms with Crippen LogP contribution >= 0.6 is 0 Å². The van der Waals surface area contributed by atoms with Crippen LogP contribution in [0.25, 0.3) is 0 Å². The Balaban J connectivity index is 2.03. The molecule has 0 aromatic carbocycles. The van der Waals surface area contributed by atoms with Crippen LogP contribution in [0.1, 0.15) is 13.3 Å². The Morgan fingerprint density at radius 1 is 1.39 bits per heavy atom. The number of urea groups is 1. The van der Waals surface area contributed by atoms with Crippen LogP contribution < -0.4 is 5.32 Å². The molecule has 0 aliphatic carbocycles. The molecule has 0 aromatic heterocycles. The van der Waals surface area contributed by atoms with E-state index in [0.717, 1.165) is 0 Å². The van der Waals surface area contributed by atoms with Gasteiger partial charge in [-0.2, -0.15) is 0 Å². The molecule has 0 radical (unpaired) electrons. The summed E-state index contributed by atoms with van der Waals surface area (Å²) in [5.74, 6) is -1.05. The van der Waals surface area contributed by atoms with Gasteiger partial charge in [0, 0.05) is 19.6 Å². The first-order chi connectivity index (χ1) is 8.55. The Morgan fingerprint density at radius 2 is 2.17 bits per heavy atom. The molecule has 2 unspecified atom stereocenters. The number of carboxylic acid groups (broad SMARTS) is 1. The molecule has 2 aliphatic rings. The molecule has 7 nitrogen and oxygen atoms in total. The molecule has 7 heteroatoms. The van der Waals surface area contributed by atoms with Crippen molar-refractivity contribution in [3.63, 3.8) is 0 Å². The van der Waals surface area contributed by atoms with Crippen molar-refractivity contribution >= 4 is 12.0 Å². The predicted molar refractivity (Wildman–Crippen MR) is 61.3 cm³/mol. The van der Waals surface area contributed by atoms with Crippen LogP contribution in [0.3, 0.4) is 0 Å². The number of hydrogen-bond acceptors (Lipinski definition) is 4. The minimum Gasteiger partial charge on any atom is -0.479 e. The second-order valence-electron chi connectivity index (χ2n) is 4.74. The quantitative estimate of drug-likeness (QED) is 0.707. The Bertz CT molecular complexity index is 340. The zero-order chi connectivity index (χ0) is 13.2. The molecular weight excluding hydrogens is 240 g/mol. The zero-order valence-corrected chi connectivity index (χ0v) is 10.3. The Kier molecular flexibility index (Phi) is 3.72. The van der Waals surface area contributed by atoms with E-state index in [1.54, 1.807) is 4.90 Å². The molecule has 2 fully saturated rings. The van der Waals surface area contributed by atoms with E-state index in [2.05, 4.69) is 5.32 Å². The third-order valence-electron chi connectivity index (χ3n) is 3.41. The van der Waals surface area contributed by atoms with Crippen molar-refractivity contribution in [3.05, 3.63) is 0 Å². The predicted octanol–water partition coefficient (Wildman–Crippen LogP) is -0.340. The topological polar surface area (TPSA) is 88.1 Å². The minimum atomic E-state index is -1.28. The van der Waals surface area contributed by atoms with Crippen LogP contribution in [-0.2, 0) is 14.3 Å². The zero-order valence-electron chi connectivity index (χ0n) is 10.3. The average Bonchev–Trinajstić information content (AvgIpc) is 2.79. The summed E-state index contributed by atoms with van der Waals surface area (Å²) in [7, 11) is 0. The van der Waals surface area contributed by atoms with Crippen molar-refractivity contribution < 1.29 is 24.2 Å². The number of morpholine rings is 1. The molecule has 102 valence electrons. The molecule has 2 amide bonds. The van der Waals surface area contributed by atoms with Crippen molar-refractivity contribution in [3.8, 4) is 0 Å². The van der Waals surface area contributed by atoms with Crippen LogP contribution in [0.15, 0.2) is 0 Å². The fourth-order valence-corrected chi connectivity index (χ4v) is 2.19. The van der Waals surface area contributed by atoms with E-state index in [0.29, 0.717) is 32.8 Å². The largest absolute Gasteiger partial charge is 0.479 e. The van der Waals surface area contributed by atoms with Gasteiger partial charge < -0.3 is 24.8 Å². The smallest absolute Gasteiger partial charge is 0.332 e. The van der Waals surface area contributed by atoms with E-state index in [-0.39, 0.29) is 18.7 Å². The molecule has 2 saturated heterocycles. The molecule has 2 atom stereocenters. The van der Waals surface area contributed by atoms with Crippen molar-refractivity contribution in [1.82, 2.24) is 10.2 Å². The summed E-state index contributed by atoms with van der Waals surface area (Å²) in [5, 5.41) is 11.8. The summed E-state index contributed by atoms with van der Waals surface area (Å²) in [6.45, 7) is 3.68. The van der Waals surface area contributed by atoms with Gasteiger partial charge in [0.1, 0.15) is 0 Å². The fourth-order valence-electron chi connectivity index (χ4n) is 2.19. The lowest BCUT2D eigenvalue weighted by Crippen LogP contribution is -2.61. The summed E-state index contributed by atoms with van der Waals surface area (Å²) < 4.78 is 10.3. The van der Waals surface area contributed by atoms with Crippen molar-refractivity contribution in [2.24, 2.45) is 0 Å². The molecular formula is C11H18N2O5. The molecule has 0 aromatic rings. The van der Waals surface area contributed by atoms with E-state index in [1.165, 1.54) is 0 Å². The Morgan fingerprint density at radius 3 is 2.72 bits per heavy atom. The van der Waals surface area contributed by atoms with Gasteiger partial charge in [0.2, 0.25) is 0 Å². The maximum Gasteiger partial charge on any atom is 0.332 e. The second kappa shape index (κ2) is 5.11. The number of rotatable bonds is 2. The first kappa shape index (κ1) is 13.1. The lowest BCUT2D eigenvalue weighted by atomic mass is 9.99. The highest BCUT2D eigenvalue weighted by Gasteiger charge is 2.45. The van der Waals surface area contributed by atoms with Gasteiger partial charge in [0.05, 0.1) is 25.9 Å². The number of carbonyl (C=O) groups is 2. The Hall–Kier alpha value is -1.34. The summed E-state index contributed by atoms with van der Waals surface area (Å²) in [6, 6.07) is -0.411. The van der Waals surface area contributed by atoms with Crippen LogP contribution in [0, 0.1) is 0 Å². The van der Waals surface area contributed by atoms with Gasteiger partial charge in [0.15, 0.2) is 5.54 Å². The van der Waals surface area contributed by atoms with Gasteiger partial charge in [-0.05, 0) is 6.92 Å². The highest BCUT2D eigenvalue weighted by atomic mass is 16.5. The van der Waals surface area contributed by atoms with Gasteiger partial charge in [-0.15, -0.1) is 0 Å². The van der Waals surface area contributed by atoms with Crippen molar-refractivity contribution in [2.75, 3.05) is 33.0 Å². The van der Waals surface area contributed by atoms with Gasteiger partial charge in [0.25, 0.3) is 0 Å². The third kappa shape index (κ3) is 2.41. The SMILES string of the molecule is CC1COCCN1C(=O)NC1(C(=O)O)CCOC1. The molecule has 2 N–H and O–H groups in total. The monoisotopic (exact) mass is 258 g/mol. The fraction of sp³-hybridized carbons (Fsp3) is 0.818. The summed E-state index contributed by atoms with van der Waals surface area (Å²) >= 11 is 0. The lowest BCUT2D eigenvalue weighted by Gasteiger charge is -2.35. The number of nitrogens with one attached hydrogen (secondary N) is 1. The number of hydrogen-bond donors (Lipinski definition) is 2. The number of ether oxygens (including phenoxy) is 2. The van der Waals surface area contributed by atoms with Gasteiger partial charge in [-0.1, -0.05) is 0 Å². The number of carbonyl (C=O) groups excluding carboxylic acids is 1. The Labute approximate surface area is 105 Å². The first-order valence-electron chi connectivity index (χ1n) is 6.03. The second-order valence-corrected chi connectivity index (χ2v) is 4.74. The highest BCUT2D eigenvalue weighted by molar-refractivity contribution is 5.86. The number of nitrogens with zero attached hydrogens (tertiary/aromatic N) is 1. The van der Waals surface area contributed by atoms with Crippen molar-refractivity contribution in [2.45, 2.75) is 24.9 Å². The van der Waals surface area contributed by atoms with Crippen LogP contribution in [-0.4, -0.2) is 66.6 Å². The summed E-state index contributed by atoms with van der Waals surface area (Å²) in [4.78, 5) is 25.0. The molecule has 0 bridgehead atoms. The first-order valence-corrected chi connectivity index (χ1v) is 6.03. The van der Waals surface area contributed by atoms with E-state index in [4.69, 9.17) is 9.47 Å². The normalized spacial score (nSPS) is 32.3. The maximum absolute atomic E-state index is 12.1. The third-order valence-corrected chi connectivity index (χ3v) is 3.41. The van der Waals surface area contributed by atoms with E-state index in [1.807, 2.05) is 6.92 Å².